The van der Waals surface area contributed by atoms with E-state index in [4.69, 9.17) is 9.15 Å². The van der Waals surface area contributed by atoms with E-state index in [1.54, 1.807) is 13.4 Å². The Morgan fingerprint density at radius 2 is 1.96 bits per heavy atom. The third-order valence-electron chi connectivity index (χ3n) is 3.43. The van der Waals surface area contributed by atoms with E-state index in [2.05, 4.69) is 15.6 Å². The summed E-state index contributed by atoms with van der Waals surface area (Å²) < 4.78 is 22.7. The normalized spacial score (nSPS) is 11.3. The Morgan fingerprint density at radius 3 is 2.62 bits per heavy atom. The number of alkyl halides is 1. The fraction of sp³-hybridized carbons (Fsp3) is 0.389. The number of hydrogen-bond acceptors (Lipinski definition) is 3. The molecule has 0 aliphatic heterocycles. The minimum absolute atomic E-state index is 0.342. The van der Waals surface area contributed by atoms with Crippen LogP contribution in [0.1, 0.15) is 17.7 Å². The molecule has 1 heterocycles. The SMILES string of the molecule is COc1ccc(CN=C(NCCCF)NCCc2ccco2)cc1. The van der Waals surface area contributed by atoms with Crippen molar-refractivity contribution in [2.45, 2.75) is 19.4 Å². The summed E-state index contributed by atoms with van der Waals surface area (Å²) in [5.74, 6) is 2.41. The van der Waals surface area contributed by atoms with Crippen LogP contribution in [0.4, 0.5) is 4.39 Å². The number of ether oxygens (including phenoxy) is 1. The molecule has 6 heteroatoms. The highest BCUT2D eigenvalue weighted by atomic mass is 19.1. The van der Waals surface area contributed by atoms with E-state index in [1.165, 1.54) is 0 Å². The molecule has 2 rings (SSSR count). The molecule has 0 unspecified atom stereocenters. The van der Waals surface area contributed by atoms with Crippen LogP contribution in [0.5, 0.6) is 5.75 Å². The topological polar surface area (TPSA) is 58.8 Å². The van der Waals surface area contributed by atoms with Gasteiger partial charge in [0.05, 0.1) is 26.6 Å². The highest BCUT2D eigenvalue weighted by Gasteiger charge is 2.01. The number of furan rings is 1. The van der Waals surface area contributed by atoms with Gasteiger partial charge in [-0.15, -0.1) is 0 Å². The molecule has 0 fully saturated rings. The van der Waals surface area contributed by atoms with Gasteiger partial charge in [0.15, 0.2) is 5.96 Å². The second-order valence-corrected chi connectivity index (χ2v) is 5.24. The highest BCUT2D eigenvalue weighted by molar-refractivity contribution is 5.79. The molecular weight excluding hydrogens is 309 g/mol. The molecule has 130 valence electrons. The zero-order chi connectivity index (χ0) is 17.0. The molecule has 0 aliphatic rings. The molecule has 1 aromatic carbocycles. The summed E-state index contributed by atoms with van der Waals surface area (Å²) in [6, 6.07) is 11.6. The van der Waals surface area contributed by atoms with E-state index in [0.717, 1.165) is 23.5 Å². The summed E-state index contributed by atoms with van der Waals surface area (Å²) >= 11 is 0. The lowest BCUT2D eigenvalue weighted by atomic mass is 10.2. The van der Waals surface area contributed by atoms with Crippen molar-refractivity contribution >= 4 is 5.96 Å². The van der Waals surface area contributed by atoms with Crippen molar-refractivity contribution in [1.82, 2.24) is 10.6 Å². The van der Waals surface area contributed by atoms with Crippen molar-refractivity contribution in [3.63, 3.8) is 0 Å². The first-order valence-electron chi connectivity index (χ1n) is 8.05. The Kier molecular flexibility index (Phi) is 7.67. The fourth-order valence-electron chi connectivity index (χ4n) is 2.11. The molecule has 24 heavy (non-hydrogen) atoms. The molecule has 2 aromatic rings. The molecule has 5 nitrogen and oxygen atoms in total. The summed E-state index contributed by atoms with van der Waals surface area (Å²) in [6.45, 7) is 1.43. The molecule has 0 aliphatic carbocycles. The average Bonchev–Trinajstić information content (AvgIpc) is 3.13. The first-order chi connectivity index (χ1) is 11.8. The predicted octanol–water partition coefficient (Wildman–Crippen LogP) is 2.93. The molecule has 0 radical (unpaired) electrons. The van der Waals surface area contributed by atoms with E-state index in [1.807, 2.05) is 36.4 Å². The molecule has 0 saturated heterocycles. The first kappa shape index (κ1) is 17.8. The molecule has 0 amide bonds. The van der Waals surface area contributed by atoms with Gasteiger partial charge < -0.3 is 19.8 Å². The van der Waals surface area contributed by atoms with Crippen LogP contribution in [0, 0.1) is 0 Å². The minimum atomic E-state index is -0.342. The Hall–Kier alpha value is -2.50. The minimum Gasteiger partial charge on any atom is -0.497 e. The number of guanidine groups is 1. The van der Waals surface area contributed by atoms with Gasteiger partial charge in [0.1, 0.15) is 11.5 Å². The standard InChI is InChI=1S/C18H24FN3O2/c1-23-16-7-5-15(6-8-16)14-22-18(20-11-3-10-19)21-12-9-17-4-2-13-24-17/h2,4-8,13H,3,9-12,14H2,1H3,(H2,20,21,22). The highest BCUT2D eigenvalue weighted by Crippen LogP contribution is 2.11. The van der Waals surface area contributed by atoms with Crippen LogP contribution in [0.15, 0.2) is 52.1 Å². The van der Waals surface area contributed by atoms with Gasteiger partial charge in [-0.3, -0.25) is 4.39 Å². The van der Waals surface area contributed by atoms with Crippen molar-refractivity contribution in [2.75, 3.05) is 26.9 Å². The van der Waals surface area contributed by atoms with Crippen LogP contribution in [0.25, 0.3) is 0 Å². The Labute approximate surface area is 141 Å². The Balaban J connectivity index is 1.87. The molecule has 1 aromatic heterocycles. The average molecular weight is 333 g/mol. The molecule has 0 spiro atoms. The number of benzene rings is 1. The van der Waals surface area contributed by atoms with E-state index in [9.17, 15) is 4.39 Å². The Morgan fingerprint density at radius 1 is 1.17 bits per heavy atom. The van der Waals surface area contributed by atoms with Crippen molar-refractivity contribution in [3.05, 3.63) is 54.0 Å². The smallest absolute Gasteiger partial charge is 0.191 e. The first-order valence-corrected chi connectivity index (χ1v) is 8.05. The van der Waals surface area contributed by atoms with Crippen molar-refractivity contribution in [3.8, 4) is 5.75 Å². The molecular formula is C18H24FN3O2. The summed E-state index contributed by atoms with van der Waals surface area (Å²) in [5, 5.41) is 6.38. The Bertz CT molecular complexity index is 597. The lowest BCUT2D eigenvalue weighted by Gasteiger charge is -2.12. The number of nitrogens with zero attached hydrogens (tertiary/aromatic N) is 1. The second-order valence-electron chi connectivity index (χ2n) is 5.24. The largest absolute Gasteiger partial charge is 0.497 e. The van der Waals surface area contributed by atoms with Crippen LogP contribution in [0.3, 0.4) is 0 Å². The lowest BCUT2D eigenvalue weighted by Crippen LogP contribution is -2.39. The predicted molar refractivity (Wildman–Crippen MR) is 93.1 cm³/mol. The van der Waals surface area contributed by atoms with Gasteiger partial charge in [0, 0.05) is 19.5 Å². The monoisotopic (exact) mass is 333 g/mol. The lowest BCUT2D eigenvalue weighted by molar-refractivity contribution is 0.414. The molecule has 0 bridgehead atoms. The number of aliphatic imine (C=N–C) groups is 1. The summed E-state index contributed by atoms with van der Waals surface area (Å²) in [4.78, 5) is 4.54. The number of halogens is 1. The van der Waals surface area contributed by atoms with Crippen molar-refractivity contribution < 1.29 is 13.5 Å². The summed E-state index contributed by atoms with van der Waals surface area (Å²) in [5.41, 5.74) is 1.08. The maximum atomic E-state index is 12.3. The van der Waals surface area contributed by atoms with Crippen LogP contribution >= 0.6 is 0 Å². The van der Waals surface area contributed by atoms with Crippen LogP contribution in [-0.4, -0.2) is 32.8 Å². The number of rotatable bonds is 9. The zero-order valence-electron chi connectivity index (χ0n) is 13.9. The maximum absolute atomic E-state index is 12.3. The molecule has 0 saturated carbocycles. The van der Waals surface area contributed by atoms with E-state index in [-0.39, 0.29) is 6.67 Å². The van der Waals surface area contributed by atoms with Crippen LogP contribution in [0.2, 0.25) is 0 Å². The second kappa shape index (κ2) is 10.3. The van der Waals surface area contributed by atoms with Crippen molar-refractivity contribution in [1.29, 1.82) is 0 Å². The van der Waals surface area contributed by atoms with E-state index >= 15 is 0 Å². The third-order valence-corrected chi connectivity index (χ3v) is 3.43. The number of nitrogens with one attached hydrogen (secondary N) is 2. The third kappa shape index (κ3) is 6.32. The van der Waals surface area contributed by atoms with Gasteiger partial charge in [0.2, 0.25) is 0 Å². The number of hydrogen-bond donors (Lipinski definition) is 2. The quantitative estimate of drug-likeness (QED) is 0.421. The van der Waals surface area contributed by atoms with Gasteiger partial charge >= 0.3 is 0 Å². The number of methoxy groups -OCH3 is 1. The van der Waals surface area contributed by atoms with Gasteiger partial charge in [-0.1, -0.05) is 12.1 Å². The van der Waals surface area contributed by atoms with Gasteiger partial charge in [-0.25, -0.2) is 4.99 Å². The zero-order valence-corrected chi connectivity index (χ0v) is 13.9. The fourth-order valence-corrected chi connectivity index (χ4v) is 2.11. The van der Waals surface area contributed by atoms with Crippen LogP contribution < -0.4 is 15.4 Å². The van der Waals surface area contributed by atoms with Gasteiger partial charge in [0.25, 0.3) is 0 Å². The maximum Gasteiger partial charge on any atom is 0.191 e. The van der Waals surface area contributed by atoms with Crippen molar-refractivity contribution in [2.24, 2.45) is 4.99 Å². The van der Waals surface area contributed by atoms with E-state index in [0.29, 0.717) is 32.0 Å². The summed E-state index contributed by atoms with van der Waals surface area (Å²) in [7, 11) is 1.64. The van der Waals surface area contributed by atoms with E-state index < -0.39 is 0 Å². The van der Waals surface area contributed by atoms with Gasteiger partial charge in [-0.05, 0) is 36.2 Å². The summed E-state index contributed by atoms with van der Waals surface area (Å²) in [6.07, 6.45) is 2.88. The molecule has 0 atom stereocenters. The van der Waals surface area contributed by atoms with Crippen LogP contribution in [-0.2, 0) is 13.0 Å². The van der Waals surface area contributed by atoms with Gasteiger partial charge in [-0.2, -0.15) is 0 Å². The molecule has 2 N–H and O–H groups in total.